The molecule has 1 saturated heterocycles. The molecule has 1 aromatic carbocycles. The van der Waals surface area contributed by atoms with Crippen LogP contribution in [0.25, 0.3) is 0 Å². The molecule has 1 unspecified atom stereocenters. The van der Waals surface area contributed by atoms with Gasteiger partial charge in [0.15, 0.2) is 11.5 Å². The summed E-state index contributed by atoms with van der Waals surface area (Å²) in [5, 5.41) is 14.3. The van der Waals surface area contributed by atoms with Gasteiger partial charge in [0.1, 0.15) is 5.69 Å². The average Bonchev–Trinajstić information content (AvgIpc) is 2.52. The minimum absolute atomic E-state index is 0.0237. The second kappa shape index (κ2) is 7.12. The largest absolute Gasteiger partial charge is 0.493 e. The van der Waals surface area contributed by atoms with Gasteiger partial charge in [-0.1, -0.05) is 0 Å². The Balaban J connectivity index is 2.17. The van der Waals surface area contributed by atoms with Crippen LogP contribution in [0.2, 0.25) is 0 Å². The van der Waals surface area contributed by atoms with Gasteiger partial charge in [-0.3, -0.25) is 10.1 Å². The smallest absolute Gasteiger partial charge is 0.296 e. The van der Waals surface area contributed by atoms with E-state index in [1.165, 1.54) is 20.3 Å². The zero-order valence-corrected chi connectivity index (χ0v) is 12.3. The van der Waals surface area contributed by atoms with Crippen LogP contribution in [-0.4, -0.2) is 38.9 Å². The Hall–Kier alpha value is -2.02. The zero-order chi connectivity index (χ0) is 15.2. The molecule has 1 heterocycles. The van der Waals surface area contributed by atoms with E-state index in [0.717, 1.165) is 19.4 Å². The van der Waals surface area contributed by atoms with Gasteiger partial charge in [-0.05, 0) is 18.8 Å². The summed E-state index contributed by atoms with van der Waals surface area (Å²) in [6.45, 7) is 2.12. The van der Waals surface area contributed by atoms with Crippen molar-refractivity contribution >= 4 is 11.4 Å². The number of nitrogens with one attached hydrogen (secondary N) is 1. The third-order valence-corrected chi connectivity index (χ3v) is 3.53. The molecule has 2 rings (SSSR count). The summed E-state index contributed by atoms with van der Waals surface area (Å²) >= 11 is 0. The Morgan fingerprint density at radius 2 is 2.10 bits per heavy atom. The van der Waals surface area contributed by atoms with E-state index in [4.69, 9.17) is 14.2 Å². The summed E-state index contributed by atoms with van der Waals surface area (Å²) in [5.41, 5.74) is 0.410. The Morgan fingerprint density at radius 1 is 1.38 bits per heavy atom. The molecular weight excluding hydrogens is 276 g/mol. The second-order valence-corrected chi connectivity index (χ2v) is 4.95. The maximum atomic E-state index is 11.2. The molecule has 1 N–H and O–H groups in total. The molecular formula is C14H20N2O5. The first-order valence-electron chi connectivity index (χ1n) is 6.87. The molecule has 0 saturated carbocycles. The third kappa shape index (κ3) is 3.75. The van der Waals surface area contributed by atoms with Crippen molar-refractivity contribution in [3.05, 3.63) is 22.2 Å². The van der Waals surface area contributed by atoms with Gasteiger partial charge in [-0.2, -0.15) is 0 Å². The SMILES string of the molecule is COc1cc(NCC2CCCOC2)c([N+](=O)[O-])cc1OC. The van der Waals surface area contributed by atoms with Crippen LogP contribution in [0.3, 0.4) is 0 Å². The molecule has 1 fully saturated rings. The van der Waals surface area contributed by atoms with E-state index in [0.29, 0.717) is 36.3 Å². The molecule has 0 amide bonds. The lowest BCUT2D eigenvalue weighted by atomic mass is 10.0. The molecule has 21 heavy (non-hydrogen) atoms. The predicted octanol–water partition coefficient (Wildman–Crippen LogP) is 2.45. The van der Waals surface area contributed by atoms with Gasteiger partial charge in [-0.15, -0.1) is 0 Å². The highest BCUT2D eigenvalue weighted by molar-refractivity contribution is 5.68. The highest BCUT2D eigenvalue weighted by Gasteiger charge is 2.21. The first kappa shape index (κ1) is 15.4. The topological polar surface area (TPSA) is 82.9 Å². The molecule has 0 radical (unpaired) electrons. The molecule has 116 valence electrons. The number of nitro benzene ring substituents is 1. The lowest BCUT2D eigenvalue weighted by Crippen LogP contribution is -2.24. The van der Waals surface area contributed by atoms with E-state index in [2.05, 4.69) is 5.32 Å². The molecule has 0 aromatic heterocycles. The normalized spacial score (nSPS) is 18.1. The van der Waals surface area contributed by atoms with Gasteiger partial charge in [0.2, 0.25) is 0 Å². The van der Waals surface area contributed by atoms with Crippen molar-refractivity contribution in [2.75, 3.05) is 39.3 Å². The zero-order valence-electron chi connectivity index (χ0n) is 12.3. The lowest BCUT2D eigenvalue weighted by Gasteiger charge is -2.22. The van der Waals surface area contributed by atoms with Crippen LogP contribution in [0.5, 0.6) is 11.5 Å². The van der Waals surface area contributed by atoms with Gasteiger partial charge < -0.3 is 19.5 Å². The van der Waals surface area contributed by atoms with Crippen molar-refractivity contribution in [2.24, 2.45) is 5.92 Å². The van der Waals surface area contributed by atoms with E-state index in [9.17, 15) is 10.1 Å². The lowest BCUT2D eigenvalue weighted by molar-refractivity contribution is -0.384. The number of nitrogens with zero attached hydrogens (tertiary/aromatic N) is 1. The number of methoxy groups -OCH3 is 2. The van der Waals surface area contributed by atoms with Crippen LogP contribution < -0.4 is 14.8 Å². The molecule has 1 aliphatic heterocycles. The number of ether oxygens (including phenoxy) is 3. The van der Waals surface area contributed by atoms with E-state index >= 15 is 0 Å². The first-order valence-corrected chi connectivity index (χ1v) is 6.87. The molecule has 1 atom stereocenters. The summed E-state index contributed by atoms with van der Waals surface area (Å²) in [5.74, 6) is 1.17. The third-order valence-electron chi connectivity index (χ3n) is 3.53. The van der Waals surface area contributed by atoms with E-state index < -0.39 is 4.92 Å². The number of anilines is 1. The molecule has 7 heteroatoms. The van der Waals surface area contributed by atoms with Gasteiger partial charge >= 0.3 is 0 Å². The average molecular weight is 296 g/mol. The Morgan fingerprint density at radius 3 is 2.67 bits per heavy atom. The van der Waals surface area contributed by atoms with Crippen LogP contribution in [0.1, 0.15) is 12.8 Å². The van der Waals surface area contributed by atoms with Gasteiger partial charge in [0.05, 0.1) is 31.8 Å². The van der Waals surface area contributed by atoms with Crippen LogP contribution in [0, 0.1) is 16.0 Å². The first-order chi connectivity index (χ1) is 10.2. The number of hydrogen-bond acceptors (Lipinski definition) is 6. The van der Waals surface area contributed by atoms with Crippen molar-refractivity contribution in [2.45, 2.75) is 12.8 Å². The number of hydrogen-bond donors (Lipinski definition) is 1. The molecule has 1 aromatic rings. The highest BCUT2D eigenvalue weighted by Crippen LogP contribution is 2.37. The number of rotatable bonds is 6. The van der Waals surface area contributed by atoms with Crippen molar-refractivity contribution in [1.29, 1.82) is 0 Å². The van der Waals surface area contributed by atoms with Crippen molar-refractivity contribution in [3.8, 4) is 11.5 Å². The molecule has 0 bridgehead atoms. The molecule has 7 nitrogen and oxygen atoms in total. The van der Waals surface area contributed by atoms with E-state index in [-0.39, 0.29) is 5.69 Å². The monoisotopic (exact) mass is 296 g/mol. The summed E-state index contributed by atoms with van der Waals surface area (Å²) in [6.07, 6.45) is 2.09. The van der Waals surface area contributed by atoms with Crippen molar-refractivity contribution < 1.29 is 19.1 Å². The van der Waals surface area contributed by atoms with Crippen molar-refractivity contribution in [3.63, 3.8) is 0 Å². The number of nitro groups is 1. The Kier molecular flexibility index (Phi) is 5.21. The predicted molar refractivity (Wildman–Crippen MR) is 78.2 cm³/mol. The fourth-order valence-corrected chi connectivity index (χ4v) is 2.38. The van der Waals surface area contributed by atoms with E-state index in [1.807, 2.05) is 0 Å². The van der Waals surface area contributed by atoms with Gasteiger partial charge in [-0.25, -0.2) is 0 Å². The molecule has 0 spiro atoms. The fourth-order valence-electron chi connectivity index (χ4n) is 2.38. The highest BCUT2D eigenvalue weighted by atomic mass is 16.6. The van der Waals surface area contributed by atoms with E-state index in [1.54, 1.807) is 6.07 Å². The number of benzene rings is 1. The molecule has 0 aliphatic carbocycles. The van der Waals surface area contributed by atoms with Gasteiger partial charge in [0.25, 0.3) is 5.69 Å². The van der Waals surface area contributed by atoms with Crippen LogP contribution in [0.15, 0.2) is 12.1 Å². The maximum absolute atomic E-state index is 11.2. The Labute approximate surface area is 123 Å². The van der Waals surface area contributed by atoms with Crippen LogP contribution in [0.4, 0.5) is 11.4 Å². The minimum Gasteiger partial charge on any atom is -0.493 e. The summed E-state index contributed by atoms with van der Waals surface area (Å²) in [6, 6.07) is 2.97. The summed E-state index contributed by atoms with van der Waals surface area (Å²) < 4.78 is 15.7. The summed E-state index contributed by atoms with van der Waals surface area (Å²) in [7, 11) is 2.95. The standard InChI is InChI=1S/C14H20N2O5/c1-19-13-6-11(12(16(17)18)7-14(13)20-2)15-8-10-4-3-5-21-9-10/h6-7,10,15H,3-5,8-9H2,1-2H3. The maximum Gasteiger partial charge on any atom is 0.296 e. The van der Waals surface area contributed by atoms with Crippen LogP contribution >= 0.6 is 0 Å². The van der Waals surface area contributed by atoms with Crippen molar-refractivity contribution in [1.82, 2.24) is 0 Å². The van der Waals surface area contributed by atoms with Gasteiger partial charge in [0, 0.05) is 19.2 Å². The second-order valence-electron chi connectivity index (χ2n) is 4.95. The molecule has 1 aliphatic rings. The summed E-state index contributed by atoms with van der Waals surface area (Å²) in [4.78, 5) is 10.8. The van der Waals surface area contributed by atoms with Crippen LogP contribution in [-0.2, 0) is 4.74 Å². The quantitative estimate of drug-likeness (QED) is 0.641. The minimum atomic E-state index is -0.429. The Bertz CT molecular complexity index is 500. The fraction of sp³-hybridized carbons (Fsp3) is 0.571.